The van der Waals surface area contributed by atoms with E-state index < -0.39 is 0 Å². The summed E-state index contributed by atoms with van der Waals surface area (Å²) in [7, 11) is 0. The number of rotatable bonds is 5. The van der Waals surface area contributed by atoms with Crippen LogP contribution in [0.3, 0.4) is 0 Å². The molecule has 1 saturated heterocycles. The van der Waals surface area contributed by atoms with Gasteiger partial charge in [0.1, 0.15) is 0 Å². The van der Waals surface area contributed by atoms with Crippen molar-refractivity contribution in [3.05, 3.63) is 52.2 Å². The Morgan fingerprint density at radius 1 is 1.32 bits per heavy atom. The standard InChI is InChI=1S/C17H22N2OS.ClH/c18-14-5-1-4-13(10-14)12-19-8-2-6-15(19)11-16(20)17-7-3-9-21-17;/h1,3-5,7,9-10,15-16,20H,2,6,8,11-12,18H2;1H. The first-order chi connectivity index (χ1) is 10.2. The van der Waals surface area contributed by atoms with Crippen molar-refractivity contribution < 1.29 is 5.11 Å². The van der Waals surface area contributed by atoms with Crippen molar-refractivity contribution in [2.24, 2.45) is 0 Å². The minimum Gasteiger partial charge on any atom is -0.399 e. The van der Waals surface area contributed by atoms with Crippen LogP contribution in [0.1, 0.15) is 35.8 Å². The van der Waals surface area contributed by atoms with Gasteiger partial charge < -0.3 is 10.8 Å². The van der Waals surface area contributed by atoms with E-state index in [1.807, 2.05) is 35.7 Å². The van der Waals surface area contributed by atoms with Gasteiger partial charge >= 0.3 is 0 Å². The number of anilines is 1. The molecule has 2 unspecified atom stereocenters. The highest BCUT2D eigenvalue weighted by molar-refractivity contribution is 7.10. The van der Waals surface area contributed by atoms with Gasteiger partial charge in [-0.1, -0.05) is 18.2 Å². The smallest absolute Gasteiger partial charge is 0.0896 e. The van der Waals surface area contributed by atoms with Crippen molar-refractivity contribution in [1.82, 2.24) is 4.90 Å². The van der Waals surface area contributed by atoms with E-state index >= 15 is 0 Å². The average molecular weight is 339 g/mol. The van der Waals surface area contributed by atoms with E-state index in [-0.39, 0.29) is 18.5 Å². The Kier molecular flexibility index (Phi) is 6.26. The predicted molar refractivity (Wildman–Crippen MR) is 95.4 cm³/mol. The largest absolute Gasteiger partial charge is 0.399 e. The summed E-state index contributed by atoms with van der Waals surface area (Å²) < 4.78 is 0. The fraction of sp³-hybridized carbons (Fsp3) is 0.412. The second kappa shape index (κ2) is 7.97. The van der Waals surface area contributed by atoms with Crippen LogP contribution >= 0.6 is 23.7 Å². The first-order valence-electron chi connectivity index (χ1n) is 7.52. The molecule has 3 rings (SSSR count). The number of aliphatic hydroxyl groups is 1. The molecule has 120 valence electrons. The maximum absolute atomic E-state index is 10.4. The molecule has 3 N–H and O–H groups in total. The second-order valence-electron chi connectivity index (χ2n) is 5.78. The number of benzene rings is 1. The number of thiophene rings is 1. The molecule has 0 radical (unpaired) electrons. The molecule has 0 spiro atoms. The van der Waals surface area contributed by atoms with Crippen LogP contribution in [0.2, 0.25) is 0 Å². The van der Waals surface area contributed by atoms with E-state index in [1.54, 1.807) is 11.3 Å². The molecule has 22 heavy (non-hydrogen) atoms. The highest BCUT2D eigenvalue weighted by atomic mass is 35.5. The first kappa shape index (κ1) is 17.3. The fourth-order valence-electron chi connectivity index (χ4n) is 3.15. The van der Waals surface area contributed by atoms with Crippen LogP contribution < -0.4 is 5.73 Å². The lowest BCUT2D eigenvalue weighted by molar-refractivity contribution is 0.120. The zero-order chi connectivity index (χ0) is 14.7. The van der Waals surface area contributed by atoms with Crippen LogP contribution in [0, 0.1) is 0 Å². The summed E-state index contributed by atoms with van der Waals surface area (Å²) in [4.78, 5) is 3.55. The Morgan fingerprint density at radius 2 is 2.18 bits per heavy atom. The van der Waals surface area contributed by atoms with E-state index in [0.29, 0.717) is 6.04 Å². The topological polar surface area (TPSA) is 49.5 Å². The zero-order valence-corrected chi connectivity index (χ0v) is 14.2. The van der Waals surface area contributed by atoms with Crippen LogP contribution in [0.4, 0.5) is 5.69 Å². The number of nitrogens with zero attached hydrogens (tertiary/aromatic N) is 1. The molecule has 0 bridgehead atoms. The van der Waals surface area contributed by atoms with Gasteiger partial charge in [0.2, 0.25) is 0 Å². The van der Waals surface area contributed by atoms with Crippen LogP contribution in [0.15, 0.2) is 41.8 Å². The molecule has 5 heteroatoms. The molecule has 3 nitrogen and oxygen atoms in total. The summed E-state index contributed by atoms with van der Waals surface area (Å²) in [6, 6.07) is 12.6. The van der Waals surface area contributed by atoms with Crippen molar-refractivity contribution in [2.75, 3.05) is 12.3 Å². The van der Waals surface area contributed by atoms with E-state index in [4.69, 9.17) is 5.73 Å². The van der Waals surface area contributed by atoms with E-state index in [0.717, 1.165) is 30.1 Å². The molecule has 1 aliphatic heterocycles. The Bertz CT molecular complexity index is 576. The van der Waals surface area contributed by atoms with Gasteiger partial charge in [0.25, 0.3) is 0 Å². The van der Waals surface area contributed by atoms with Gasteiger partial charge in [-0.25, -0.2) is 0 Å². The first-order valence-corrected chi connectivity index (χ1v) is 8.40. The third-order valence-electron chi connectivity index (χ3n) is 4.20. The SMILES string of the molecule is Cl.Nc1cccc(CN2CCCC2CC(O)c2cccs2)c1. The lowest BCUT2D eigenvalue weighted by atomic mass is 10.1. The molecule has 2 aromatic rings. The van der Waals surface area contributed by atoms with Gasteiger partial charge in [0.15, 0.2) is 0 Å². The van der Waals surface area contributed by atoms with E-state index in [2.05, 4.69) is 11.0 Å². The van der Waals surface area contributed by atoms with Crippen LogP contribution in [-0.4, -0.2) is 22.6 Å². The van der Waals surface area contributed by atoms with Crippen molar-refractivity contribution in [2.45, 2.75) is 38.0 Å². The van der Waals surface area contributed by atoms with Gasteiger partial charge in [0, 0.05) is 23.2 Å². The Balaban J connectivity index is 0.00000176. The van der Waals surface area contributed by atoms with Gasteiger partial charge in [-0.3, -0.25) is 4.90 Å². The average Bonchev–Trinajstić information content (AvgIpc) is 3.11. The summed E-state index contributed by atoms with van der Waals surface area (Å²) in [6.07, 6.45) is 2.87. The molecule has 1 aromatic heterocycles. The highest BCUT2D eigenvalue weighted by Crippen LogP contribution is 2.30. The number of aliphatic hydroxyl groups excluding tert-OH is 1. The number of hydrogen-bond acceptors (Lipinski definition) is 4. The van der Waals surface area contributed by atoms with E-state index in [9.17, 15) is 5.11 Å². The molecule has 1 aromatic carbocycles. The maximum Gasteiger partial charge on any atom is 0.0896 e. The van der Waals surface area contributed by atoms with Gasteiger partial charge in [-0.2, -0.15) is 0 Å². The summed E-state index contributed by atoms with van der Waals surface area (Å²) in [6.45, 7) is 2.03. The number of hydrogen-bond donors (Lipinski definition) is 2. The van der Waals surface area contributed by atoms with Gasteiger partial charge in [-0.05, 0) is 54.9 Å². The monoisotopic (exact) mass is 338 g/mol. The van der Waals surface area contributed by atoms with E-state index in [1.165, 1.54) is 18.4 Å². The van der Waals surface area contributed by atoms with Crippen LogP contribution in [0.5, 0.6) is 0 Å². The molecule has 2 heterocycles. The van der Waals surface area contributed by atoms with Gasteiger partial charge in [-0.15, -0.1) is 23.7 Å². The number of likely N-dealkylation sites (tertiary alicyclic amines) is 1. The Hall–Kier alpha value is -1.07. The quantitative estimate of drug-likeness (QED) is 0.814. The minimum atomic E-state index is -0.337. The lowest BCUT2D eigenvalue weighted by Gasteiger charge is -2.26. The summed E-state index contributed by atoms with van der Waals surface area (Å²) in [5.41, 5.74) is 7.93. The molecule has 0 aliphatic carbocycles. The molecule has 1 fully saturated rings. The minimum absolute atomic E-state index is 0. The third kappa shape index (κ3) is 4.23. The lowest BCUT2D eigenvalue weighted by Crippen LogP contribution is -2.30. The molecule has 0 amide bonds. The second-order valence-corrected chi connectivity index (χ2v) is 6.76. The normalized spacial score (nSPS) is 19.8. The van der Waals surface area contributed by atoms with Crippen LogP contribution in [-0.2, 0) is 6.54 Å². The van der Waals surface area contributed by atoms with Crippen LogP contribution in [0.25, 0.3) is 0 Å². The summed E-state index contributed by atoms with van der Waals surface area (Å²) >= 11 is 1.64. The molecular weight excluding hydrogens is 316 g/mol. The van der Waals surface area contributed by atoms with Crippen molar-refractivity contribution in [3.8, 4) is 0 Å². The third-order valence-corrected chi connectivity index (χ3v) is 5.18. The van der Waals surface area contributed by atoms with Crippen molar-refractivity contribution in [3.63, 3.8) is 0 Å². The van der Waals surface area contributed by atoms with Gasteiger partial charge in [0.05, 0.1) is 6.10 Å². The molecular formula is C17H23ClN2OS. The highest BCUT2D eigenvalue weighted by Gasteiger charge is 2.27. The Labute approximate surface area is 142 Å². The van der Waals surface area contributed by atoms with Crippen molar-refractivity contribution >= 4 is 29.4 Å². The summed E-state index contributed by atoms with van der Waals surface area (Å²) in [5.74, 6) is 0. The molecule has 1 aliphatic rings. The predicted octanol–water partition coefficient (Wildman–Crippen LogP) is 3.84. The number of nitrogen functional groups attached to an aromatic ring is 1. The molecule has 0 saturated carbocycles. The summed E-state index contributed by atoms with van der Waals surface area (Å²) in [5, 5.41) is 12.4. The zero-order valence-electron chi connectivity index (χ0n) is 12.5. The number of nitrogens with two attached hydrogens (primary N) is 1. The van der Waals surface area contributed by atoms with Crippen molar-refractivity contribution in [1.29, 1.82) is 0 Å². The molecule has 2 atom stereocenters. The maximum atomic E-state index is 10.4. The Morgan fingerprint density at radius 3 is 2.91 bits per heavy atom. The number of halogens is 1. The fourth-order valence-corrected chi connectivity index (χ4v) is 3.88.